The van der Waals surface area contributed by atoms with E-state index in [1.165, 1.54) is 20.8 Å². The van der Waals surface area contributed by atoms with E-state index < -0.39 is 48.5 Å². The molecule has 1 unspecified atom stereocenters. The van der Waals surface area contributed by atoms with Crippen molar-refractivity contribution in [1.82, 2.24) is 13.7 Å². The third-order valence-corrected chi connectivity index (χ3v) is 6.57. The average Bonchev–Trinajstić information content (AvgIpc) is 2.21. The highest BCUT2D eigenvalue weighted by Crippen LogP contribution is 2.09. The van der Waals surface area contributed by atoms with Crippen LogP contribution < -0.4 is 9.44 Å². The van der Waals surface area contributed by atoms with Crippen molar-refractivity contribution >= 4 is 31.3 Å². The summed E-state index contributed by atoms with van der Waals surface area (Å²) in [6.45, 7) is 6.25. The molecule has 0 radical (unpaired) electrons. The van der Waals surface area contributed by atoms with Crippen LogP contribution in [-0.2, 0) is 31.3 Å². The van der Waals surface area contributed by atoms with Gasteiger partial charge in [-0.05, 0) is 13.8 Å². The van der Waals surface area contributed by atoms with Crippen molar-refractivity contribution in [2.45, 2.75) is 33.2 Å². The third kappa shape index (κ3) is 8.80. The summed E-state index contributed by atoms with van der Waals surface area (Å²) in [5.74, 6) is -1.14. The highest BCUT2D eigenvalue weighted by atomic mass is 32.2. The van der Waals surface area contributed by atoms with Gasteiger partial charge in [0, 0.05) is 18.6 Å². The predicted octanol–water partition coefficient (Wildman–Crippen LogP) is -0.960. The number of hydrogen-bond donors (Lipinski definition) is 3. The maximum atomic E-state index is 12.0. The Morgan fingerprint density at radius 2 is 1.67 bits per heavy atom. The molecular weight excluding hydrogens is 342 g/mol. The van der Waals surface area contributed by atoms with Crippen molar-refractivity contribution in [3.8, 4) is 0 Å². The van der Waals surface area contributed by atoms with E-state index in [0.29, 0.717) is 0 Å². The molecule has 0 aliphatic rings. The SMILES string of the molecule is CCNS(=O)(=O)CC(C)(C)NS(=O)(=O)CN(CC)S(=O)O. The lowest BCUT2D eigenvalue weighted by molar-refractivity contribution is 0.429. The van der Waals surface area contributed by atoms with E-state index in [-0.39, 0.29) is 13.1 Å². The second-order valence-electron chi connectivity index (χ2n) is 5.02. The molecule has 0 aromatic rings. The molecule has 128 valence electrons. The third-order valence-electron chi connectivity index (χ3n) is 2.23. The summed E-state index contributed by atoms with van der Waals surface area (Å²) in [7, 11) is -7.56. The number of nitrogens with zero attached hydrogens (tertiary/aromatic N) is 1. The van der Waals surface area contributed by atoms with Gasteiger partial charge in [0.2, 0.25) is 31.3 Å². The zero-order valence-electron chi connectivity index (χ0n) is 12.5. The van der Waals surface area contributed by atoms with Gasteiger partial charge in [0.25, 0.3) is 0 Å². The molecule has 0 saturated carbocycles. The van der Waals surface area contributed by atoms with Gasteiger partial charge in [0.1, 0.15) is 5.88 Å². The van der Waals surface area contributed by atoms with E-state index in [9.17, 15) is 21.0 Å². The van der Waals surface area contributed by atoms with Crippen molar-refractivity contribution < 1.29 is 25.6 Å². The Bertz CT molecular complexity index is 557. The van der Waals surface area contributed by atoms with Gasteiger partial charge in [-0.15, -0.1) is 0 Å². The second-order valence-corrected chi connectivity index (χ2v) is 9.49. The molecule has 0 amide bonds. The van der Waals surface area contributed by atoms with Crippen molar-refractivity contribution in [3.63, 3.8) is 0 Å². The molecule has 0 spiro atoms. The summed E-state index contributed by atoms with van der Waals surface area (Å²) in [5, 5.41) is 0. The summed E-state index contributed by atoms with van der Waals surface area (Å²) >= 11 is -2.42. The number of hydrogen-bond acceptors (Lipinski definition) is 5. The second kappa shape index (κ2) is 7.94. The topological polar surface area (TPSA) is 133 Å². The van der Waals surface area contributed by atoms with Gasteiger partial charge < -0.3 is 0 Å². The molecule has 0 rings (SSSR count). The van der Waals surface area contributed by atoms with Crippen LogP contribution in [0.15, 0.2) is 0 Å². The van der Waals surface area contributed by atoms with Crippen molar-refractivity contribution in [2.24, 2.45) is 0 Å². The van der Waals surface area contributed by atoms with Crippen LogP contribution >= 0.6 is 0 Å². The Hall–Kier alpha value is -0.110. The first kappa shape index (κ1) is 20.9. The van der Waals surface area contributed by atoms with Gasteiger partial charge >= 0.3 is 0 Å². The molecule has 12 heteroatoms. The minimum Gasteiger partial charge on any atom is -0.294 e. The summed E-state index contributed by atoms with van der Waals surface area (Å²) < 4.78 is 72.4. The quantitative estimate of drug-likeness (QED) is 0.427. The van der Waals surface area contributed by atoms with Gasteiger partial charge in [-0.2, -0.15) is 4.31 Å². The van der Waals surface area contributed by atoms with E-state index in [1.54, 1.807) is 6.92 Å². The molecule has 21 heavy (non-hydrogen) atoms. The molecule has 3 N–H and O–H groups in total. The Morgan fingerprint density at radius 1 is 1.14 bits per heavy atom. The smallest absolute Gasteiger partial charge is 0.235 e. The minimum absolute atomic E-state index is 0.0557. The lowest BCUT2D eigenvalue weighted by Gasteiger charge is -2.27. The van der Waals surface area contributed by atoms with Crippen LogP contribution in [0, 0.1) is 0 Å². The zero-order valence-corrected chi connectivity index (χ0v) is 14.9. The van der Waals surface area contributed by atoms with Gasteiger partial charge in [-0.1, -0.05) is 13.8 Å². The molecule has 0 aromatic heterocycles. The summed E-state index contributed by atoms with van der Waals surface area (Å²) in [5.41, 5.74) is -1.25. The van der Waals surface area contributed by atoms with E-state index in [1.807, 2.05) is 0 Å². The summed E-state index contributed by atoms with van der Waals surface area (Å²) in [6.07, 6.45) is 0. The van der Waals surface area contributed by atoms with Crippen LogP contribution in [0.2, 0.25) is 0 Å². The van der Waals surface area contributed by atoms with Crippen molar-refractivity contribution in [2.75, 3.05) is 24.7 Å². The molecule has 0 aliphatic carbocycles. The Kier molecular flexibility index (Phi) is 7.90. The van der Waals surface area contributed by atoms with Gasteiger partial charge in [0.05, 0.1) is 5.75 Å². The van der Waals surface area contributed by atoms with Crippen LogP contribution in [0.4, 0.5) is 0 Å². The standard InChI is InChI=1S/C9H23N3O6S3/c1-5-10-20(15,16)7-9(3,4)11-21(17,18)8-12(6-2)19(13)14/h10-11H,5-8H2,1-4H3,(H,13,14). The maximum Gasteiger partial charge on any atom is 0.235 e. The first-order valence-corrected chi connectivity index (χ1v) is 10.6. The van der Waals surface area contributed by atoms with Gasteiger partial charge in [-0.25, -0.2) is 30.5 Å². The molecule has 0 saturated heterocycles. The number of rotatable bonds is 10. The van der Waals surface area contributed by atoms with Crippen LogP contribution in [0.1, 0.15) is 27.7 Å². The lowest BCUT2D eigenvalue weighted by atomic mass is 10.1. The summed E-state index contributed by atoms with van der Waals surface area (Å²) in [6, 6.07) is 0. The van der Waals surface area contributed by atoms with Crippen LogP contribution in [0.25, 0.3) is 0 Å². The molecule has 0 aromatic carbocycles. The van der Waals surface area contributed by atoms with Crippen LogP contribution in [0.5, 0.6) is 0 Å². The molecular formula is C9H23N3O6S3. The van der Waals surface area contributed by atoms with E-state index in [2.05, 4.69) is 9.44 Å². The fraction of sp³-hybridized carbons (Fsp3) is 1.00. The fourth-order valence-electron chi connectivity index (χ4n) is 1.67. The summed E-state index contributed by atoms with van der Waals surface area (Å²) in [4.78, 5) is 0. The first-order chi connectivity index (χ1) is 9.34. The largest absolute Gasteiger partial charge is 0.294 e. The normalized spacial score (nSPS) is 15.3. The van der Waals surface area contributed by atoms with E-state index in [4.69, 9.17) is 4.55 Å². The molecule has 9 nitrogen and oxygen atoms in total. The number of sulfonamides is 2. The maximum absolute atomic E-state index is 12.0. The Balaban J connectivity index is 4.95. The fourth-order valence-corrected chi connectivity index (χ4v) is 5.86. The highest BCUT2D eigenvalue weighted by Gasteiger charge is 2.31. The van der Waals surface area contributed by atoms with Crippen LogP contribution in [-0.4, -0.2) is 60.2 Å². The molecule has 0 bridgehead atoms. The van der Waals surface area contributed by atoms with Crippen molar-refractivity contribution in [1.29, 1.82) is 0 Å². The van der Waals surface area contributed by atoms with Gasteiger partial charge in [0.15, 0.2) is 0 Å². The molecule has 0 heterocycles. The zero-order chi connectivity index (χ0) is 16.9. The molecule has 1 atom stereocenters. The predicted molar refractivity (Wildman–Crippen MR) is 81.6 cm³/mol. The van der Waals surface area contributed by atoms with E-state index in [0.717, 1.165) is 4.31 Å². The first-order valence-electron chi connectivity index (χ1n) is 6.19. The Morgan fingerprint density at radius 3 is 2.05 bits per heavy atom. The highest BCUT2D eigenvalue weighted by molar-refractivity contribution is 7.90. The monoisotopic (exact) mass is 365 g/mol. The minimum atomic E-state index is -3.95. The van der Waals surface area contributed by atoms with Crippen LogP contribution in [0.3, 0.4) is 0 Å². The lowest BCUT2D eigenvalue weighted by Crippen LogP contribution is -2.52. The van der Waals surface area contributed by atoms with E-state index >= 15 is 0 Å². The molecule has 0 fully saturated rings. The van der Waals surface area contributed by atoms with Crippen molar-refractivity contribution in [3.05, 3.63) is 0 Å². The Labute approximate surface area is 129 Å². The average molecular weight is 365 g/mol. The number of nitrogens with one attached hydrogen (secondary N) is 2. The van der Waals surface area contributed by atoms with Gasteiger partial charge in [-0.3, -0.25) is 4.55 Å². The molecule has 0 aliphatic heterocycles.